The molecule has 0 aliphatic carbocycles. The van der Waals surface area contributed by atoms with Crippen LogP contribution in [0.3, 0.4) is 0 Å². The van der Waals surface area contributed by atoms with E-state index in [0.717, 1.165) is 12.1 Å². The molecule has 0 aromatic heterocycles. The van der Waals surface area contributed by atoms with Crippen LogP contribution in [0.1, 0.15) is 15.9 Å². The molecule has 14 heavy (non-hydrogen) atoms. The predicted octanol–water partition coefficient (Wildman–Crippen LogP) is 0.988. The molecule has 0 spiro atoms. The quantitative estimate of drug-likeness (QED) is 0.570. The Morgan fingerprint density at radius 1 is 1.50 bits per heavy atom. The summed E-state index contributed by atoms with van der Waals surface area (Å²) in [6.45, 7) is 1.41. The number of hydrogen-bond acceptors (Lipinski definition) is 3. The standard InChI is InChI=1S/C11H13NO2/c1-12-6-8-2-4-9(5-3-8)11(13)10-7-14-10/h2-5,10,12H,6-7H2,1H3. The zero-order chi connectivity index (χ0) is 9.97. The lowest BCUT2D eigenvalue weighted by Gasteiger charge is -2.01. The molecule has 1 aliphatic rings. The monoisotopic (exact) mass is 191 g/mol. The van der Waals surface area contributed by atoms with Crippen molar-refractivity contribution in [2.75, 3.05) is 13.7 Å². The van der Waals surface area contributed by atoms with Crippen molar-refractivity contribution in [2.24, 2.45) is 0 Å². The van der Waals surface area contributed by atoms with Gasteiger partial charge in [-0.2, -0.15) is 0 Å². The Labute approximate surface area is 83.1 Å². The van der Waals surface area contributed by atoms with Crippen molar-refractivity contribution in [1.29, 1.82) is 0 Å². The molecule has 0 saturated carbocycles. The van der Waals surface area contributed by atoms with Crippen molar-refractivity contribution in [3.63, 3.8) is 0 Å². The molecule has 2 rings (SSSR count). The van der Waals surface area contributed by atoms with Crippen LogP contribution in [0.2, 0.25) is 0 Å². The van der Waals surface area contributed by atoms with E-state index in [1.807, 2.05) is 31.3 Å². The first-order valence-corrected chi connectivity index (χ1v) is 4.70. The van der Waals surface area contributed by atoms with E-state index >= 15 is 0 Å². The number of rotatable bonds is 4. The lowest BCUT2D eigenvalue weighted by Crippen LogP contribution is -2.08. The van der Waals surface area contributed by atoms with Gasteiger partial charge in [-0.1, -0.05) is 24.3 Å². The minimum atomic E-state index is -0.176. The third-order valence-electron chi connectivity index (χ3n) is 2.25. The SMILES string of the molecule is CNCc1ccc(C(=O)C2CO2)cc1. The number of nitrogens with one attached hydrogen (secondary N) is 1. The zero-order valence-electron chi connectivity index (χ0n) is 8.12. The molecule has 0 radical (unpaired) electrons. The lowest BCUT2D eigenvalue weighted by atomic mass is 10.1. The highest BCUT2D eigenvalue weighted by Gasteiger charge is 2.31. The van der Waals surface area contributed by atoms with Crippen LogP contribution in [-0.2, 0) is 11.3 Å². The zero-order valence-corrected chi connectivity index (χ0v) is 8.12. The first-order valence-electron chi connectivity index (χ1n) is 4.70. The summed E-state index contributed by atoms with van der Waals surface area (Å²) in [5.41, 5.74) is 1.92. The molecule has 3 heteroatoms. The molecule has 0 bridgehead atoms. The second-order valence-electron chi connectivity index (χ2n) is 3.41. The summed E-state index contributed by atoms with van der Waals surface area (Å²) < 4.78 is 4.94. The maximum absolute atomic E-state index is 11.5. The Morgan fingerprint density at radius 3 is 2.64 bits per heavy atom. The van der Waals surface area contributed by atoms with E-state index in [2.05, 4.69) is 5.32 Å². The van der Waals surface area contributed by atoms with E-state index in [-0.39, 0.29) is 11.9 Å². The third-order valence-corrected chi connectivity index (χ3v) is 2.25. The van der Waals surface area contributed by atoms with Gasteiger partial charge in [0.15, 0.2) is 5.78 Å². The Morgan fingerprint density at radius 2 is 2.14 bits per heavy atom. The molecule has 1 aliphatic heterocycles. The molecular formula is C11H13NO2. The van der Waals surface area contributed by atoms with Gasteiger partial charge in [-0.15, -0.1) is 0 Å². The van der Waals surface area contributed by atoms with E-state index in [1.165, 1.54) is 5.56 Å². The normalized spacial score (nSPS) is 19.4. The molecular weight excluding hydrogens is 178 g/mol. The van der Waals surface area contributed by atoms with Crippen molar-refractivity contribution in [2.45, 2.75) is 12.6 Å². The number of carbonyl (C=O) groups is 1. The van der Waals surface area contributed by atoms with Gasteiger partial charge in [-0.3, -0.25) is 4.79 Å². The minimum absolute atomic E-state index is 0.0982. The van der Waals surface area contributed by atoms with Gasteiger partial charge in [0.25, 0.3) is 0 Å². The van der Waals surface area contributed by atoms with Crippen molar-refractivity contribution in [3.8, 4) is 0 Å². The number of ketones is 1. The van der Waals surface area contributed by atoms with Gasteiger partial charge in [0.1, 0.15) is 6.10 Å². The van der Waals surface area contributed by atoms with E-state index in [1.54, 1.807) is 0 Å². The number of ether oxygens (including phenoxy) is 1. The first-order chi connectivity index (χ1) is 6.81. The number of epoxide rings is 1. The van der Waals surface area contributed by atoms with Gasteiger partial charge in [-0.25, -0.2) is 0 Å². The molecule has 1 atom stereocenters. The molecule has 1 unspecified atom stereocenters. The molecule has 1 N–H and O–H groups in total. The maximum atomic E-state index is 11.5. The van der Waals surface area contributed by atoms with Crippen molar-refractivity contribution in [1.82, 2.24) is 5.32 Å². The molecule has 1 heterocycles. The summed E-state index contributed by atoms with van der Waals surface area (Å²) in [5.74, 6) is 0.0982. The smallest absolute Gasteiger partial charge is 0.193 e. The van der Waals surface area contributed by atoms with Crippen LogP contribution in [-0.4, -0.2) is 25.5 Å². The van der Waals surface area contributed by atoms with E-state index in [9.17, 15) is 4.79 Å². The largest absolute Gasteiger partial charge is 0.364 e. The van der Waals surface area contributed by atoms with Crippen molar-refractivity contribution < 1.29 is 9.53 Å². The van der Waals surface area contributed by atoms with Crippen LogP contribution in [0.25, 0.3) is 0 Å². The van der Waals surface area contributed by atoms with Crippen molar-refractivity contribution in [3.05, 3.63) is 35.4 Å². The van der Waals surface area contributed by atoms with E-state index in [0.29, 0.717) is 6.61 Å². The lowest BCUT2D eigenvalue weighted by molar-refractivity contribution is 0.0953. The number of benzene rings is 1. The van der Waals surface area contributed by atoms with Crippen molar-refractivity contribution >= 4 is 5.78 Å². The summed E-state index contributed by atoms with van der Waals surface area (Å²) in [7, 11) is 1.90. The molecule has 0 amide bonds. The van der Waals surface area contributed by atoms with Gasteiger partial charge in [0.05, 0.1) is 6.61 Å². The second-order valence-corrected chi connectivity index (χ2v) is 3.41. The number of carbonyl (C=O) groups excluding carboxylic acids is 1. The van der Waals surface area contributed by atoms with Gasteiger partial charge in [-0.05, 0) is 12.6 Å². The Hall–Kier alpha value is -1.19. The Kier molecular flexibility index (Phi) is 2.61. The predicted molar refractivity (Wildman–Crippen MR) is 53.3 cm³/mol. The summed E-state index contributed by atoms with van der Waals surface area (Å²) >= 11 is 0. The molecule has 3 nitrogen and oxygen atoms in total. The summed E-state index contributed by atoms with van der Waals surface area (Å²) in [6, 6.07) is 7.64. The minimum Gasteiger partial charge on any atom is -0.364 e. The average molecular weight is 191 g/mol. The van der Waals surface area contributed by atoms with Crippen LogP contribution in [0.15, 0.2) is 24.3 Å². The topological polar surface area (TPSA) is 41.6 Å². The van der Waals surface area contributed by atoms with Crippen LogP contribution in [0.4, 0.5) is 0 Å². The van der Waals surface area contributed by atoms with Gasteiger partial charge in [0, 0.05) is 12.1 Å². The summed E-state index contributed by atoms with van der Waals surface area (Å²) in [5, 5.41) is 3.06. The molecule has 1 saturated heterocycles. The van der Waals surface area contributed by atoms with Gasteiger partial charge in [0.2, 0.25) is 0 Å². The highest BCUT2D eigenvalue weighted by atomic mass is 16.6. The maximum Gasteiger partial charge on any atom is 0.193 e. The van der Waals surface area contributed by atoms with Crippen LogP contribution in [0.5, 0.6) is 0 Å². The molecule has 74 valence electrons. The fraction of sp³-hybridized carbons (Fsp3) is 0.364. The summed E-state index contributed by atoms with van der Waals surface area (Å²) in [6.07, 6.45) is -0.176. The molecule has 1 aromatic rings. The van der Waals surface area contributed by atoms with Gasteiger partial charge < -0.3 is 10.1 Å². The van der Waals surface area contributed by atoms with Crippen LogP contribution < -0.4 is 5.32 Å². The number of Topliss-reactive ketones (excluding diaryl/α,β-unsaturated/α-hetero) is 1. The highest BCUT2D eigenvalue weighted by Crippen LogP contribution is 2.16. The first kappa shape index (κ1) is 9.37. The molecule has 1 aromatic carbocycles. The van der Waals surface area contributed by atoms with Gasteiger partial charge >= 0.3 is 0 Å². The Bertz CT molecular complexity index is 328. The highest BCUT2D eigenvalue weighted by molar-refractivity contribution is 6.00. The average Bonchev–Trinajstić information content (AvgIpc) is 3.02. The summed E-state index contributed by atoms with van der Waals surface area (Å²) in [4.78, 5) is 11.5. The fourth-order valence-corrected chi connectivity index (χ4v) is 1.38. The van der Waals surface area contributed by atoms with E-state index < -0.39 is 0 Å². The second kappa shape index (κ2) is 3.90. The Balaban J connectivity index is 2.08. The fourth-order valence-electron chi connectivity index (χ4n) is 1.38. The van der Waals surface area contributed by atoms with Crippen LogP contribution in [0, 0.1) is 0 Å². The number of hydrogen-bond donors (Lipinski definition) is 1. The molecule has 1 fully saturated rings. The van der Waals surface area contributed by atoms with E-state index in [4.69, 9.17) is 4.74 Å². The van der Waals surface area contributed by atoms with Crippen LogP contribution >= 0.6 is 0 Å². The third kappa shape index (κ3) is 2.00.